The molecule has 0 amide bonds. The van der Waals surface area contributed by atoms with Gasteiger partial charge in [0.25, 0.3) is 0 Å². The van der Waals surface area contributed by atoms with Crippen molar-refractivity contribution in [3.63, 3.8) is 0 Å². The van der Waals surface area contributed by atoms with E-state index in [1.165, 1.54) is 0 Å². The Balaban J connectivity index is 3.40. The molecule has 0 atom stereocenters. The largest absolute Gasteiger partial charge is 0.417 e. The third-order valence-electron chi connectivity index (χ3n) is 1.67. The average Bonchev–Trinajstić information content (AvgIpc) is 2.04. The Morgan fingerprint density at radius 1 is 0.688 bits per heavy atom. The Kier molecular flexibility index (Phi) is 3.36. The van der Waals surface area contributed by atoms with Crippen LogP contribution < -0.4 is 0 Å². The van der Waals surface area contributed by atoms with Crippen molar-refractivity contribution in [3.05, 3.63) is 33.3 Å². The lowest BCUT2D eigenvalue weighted by molar-refractivity contribution is -0.141. The second kappa shape index (κ2) is 4.00. The van der Waals surface area contributed by atoms with E-state index in [-0.39, 0.29) is 12.1 Å². The van der Waals surface area contributed by atoms with Crippen molar-refractivity contribution in [1.82, 2.24) is 0 Å². The lowest BCUT2D eigenvalue weighted by Gasteiger charge is -2.13. The Labute approximate surface area is 95.8 Å². The van der Waals surface area contributed by atoms with Crippen molar-refractivity contribution in [1.29, 1.82) is 0 Å². The first-order chi connectivity index (χ1) is 7.03. The summed E-state index contributed by atoms with van der Waals surface area (Å²) in [6, 6.07) is 0.319. The van der Waals surface area contributed by atoms with Crippen LogP contribution in [-0.2, 0) is 12.4 Å². The van der Waals surface area contributed by atoms with E-state index >= 15 is 0 Å². The molecule has 1 aromatic rings. The third-order valence-corrected chi connectivity index (χ3v) is 2.29. The maximum Gasteiger partial charge on any atom is 0.417 e. The van der Waals surface area contributed by atoms with Crippen molar-refractivity contribution >= 4 is 23.2 Å². The molecule has 90 valence electrons. The van der Waals surface area contributed by atoms with Crippen LogP contribution in [0.5, 0.6) is 0 Å². The molecule has 0 radical (unpaired) electrons. The van der Waals surface area contributed by atoms with E-state index in [1.807, 2.05) is 0 Å². The summed E-state index contributed by atoms with van der Waals surface area (Å²) < 4.78 is 73.4. The molecule has 0 bridgehead atoms. The summed E-state index contributed by atoms with van der Waals surface area (Å²) in [7, 11) is 0. The van der Waals surface area contributed by atoms with Gasteiger partial charge in [0.2, 0.25) is 0 Å². The first-order valence-electron chi connectivity index (χ1n) is 3.67. The molecule has 8 heteroatoms. The fourth-order valence-corrected chi connectivity index (χ4v) is 1.52. The number of hydrogen-bond acceptors (Lipinski definition) is 0. The van der Waals surface area contributed by atoms with Crippen LogP contribution in [0.2, 0.25) is 10.0 Å². The monoisotopic (exact) mass is 282 g/mol. The molecule has 0 saturated heterocycles. The summed E-state index contributed by atoms with van der Waals surface area (Å²) >= 11 is 10.2. The Hall–Kier alpha value is -0.620. The Morgan fingerprint density at radius 3 is 1.12 bits per heavy atom. The van der Waals surface area contributed by atoms with Gasteiger partial charge in [-0.15, -0.1) is 0 Å². The number of hydrogen-bond donors (Lipinski definition) is 0. The molecule has 0 nitrogen and oxygen atoms in total. The highest BCUT2D eigenvalue weighted by Gasteiger charge is 2.38. The summed E-state index contributed by atoms with van der Waals surface area (Å²) in [6.45, 7) is 0. The number of rotatable bonds is 0. The quantitative estimate of drug-likeness (QED) is 0.586. The molecule has 0 fully saturated rings. The SMILES string of the molecule is FC(F)(F)c1cc(Cl)c(C(F)(F)F)cc1Cl. The molecule has 0 unspecified atom stereocenters. The van der Waals surface area contributed by atoms with Gasteiger partial charge in [0.05, 0.1) is 21.2 Å². The molecular weight excluding hydrogens is 281 g/mol. The predicted molar refractivity (Wildman–Crippen MR) is 46.5 cm³/mol. The zero-order valence-corrected chi connectivity index (χ0v) is 8.69. The number of benzene rings is 1. The van der Waals surface area contributed by atoms with Crippen LogP contribution in [0.1, 0.15) is 11.1 Å². The highest BCUT2D eigenvalue weighted by molar-refractivity contribution is 6.34. The maximum atomic E-state index is 12.2. The third kappa shape index (κ3) is 2.74. The van der Waals surface area contributed by atoms with Crippen LogP contribution in [0, 0.1) is 0 Å². The molecule has 0 saturated carbocycles. The van der Waals surface area contributed by atoms with Crippen molar-refractivity contribution in [2.45, 2.75) is 12.4 Å². The lowest BCUT2D eigenvalue weighted by Crippen LogP contribution is -2.10. The van der Waals surface area contributed by atoms with Gasteiger partial charge < -0.3 is 0 Å². The summed E-state index contributed by atoms with van der Waals surface area (Å²) in [5.74, 6) is 0. The van der Waals surface area contributed by atoms with E-state index in [2.05, 4.69) is 0 Å². The molecule has 0 aliphatic rings. The molecular formula is C8H2Cl2F6. The number of halogens is 8. The Morgan fingerprint density at radius 2 is 0.938 bits per heavy atom. The molecule has 0 aliphatic carbocycles. The van der Waals surface area contributed by atoms with Crippen LogP contribution in [-0.4, -0.2) is 0 Å². The first-order valence-corrected chi connectivity index (χ1v) is 4.42. The van der Waals surface area contributed by atoms with Gasteiger partial charge in [0.15, 0.2) is 0 Å². The van der Waals surface area contributed by atoms with Gasteiger partial charge in [-0.25, -0.2) is 0 Å². The zero-order valence-electron chi connectivity index (χ0n) is 7.18. The molecule has 0 N–H and O–H groups in total. The number of alkyl halides is 6. The van der Waals surface area contributed by atoms with Gasteiger partial charge in [-0.05, 0) is 12.1 Å². The van der Waals surface area contributed by atoms with Crippen molar-refractivity contribution in [3.8, 4) is 0 Å². The zero-order chi connectivity index (χ0) is 12.7. The van der Waals surface area contributed by atoms with E-state index in [9.17, 15) is 26.3 Å². The highest BCUT2D eigenvalue weighted by Crippen LogP contribution is 2.42. The smallest absolute Gasteiger partial charge is 0.166 e. The van der Waals surface area contributed by atoms with Gasteiger partial charge in [0, 0.05) is 0 Å². The first kappa shape index (κ1) is 13.4. The fraction of sp³-hybridized carbons (Fsp3) is 0.250. The molecule has 16 heavy (non-hydrogen) atoms. The van der Waals surface area contributed by atoms with Crippen LogP contribution in [0.15, 0.2) is 12.1 Å². The normalized spacial score (nSPS) is 13.0. The minimum absolute atomic E-state index is 0.159. The van der Waals surface area contributed by atoms with E-state index < -0.39 is 33.5 Å². The molecule has 1 aromatic carbocycles. The second-order valence-corrected chi connectivity index (χ2v) is 3.62. The minimum atomic E-state index is -4.84. The summed E-state index contributed by atoms with van der Waals surface area (Å²) in [6.07, 6.45) is -9.68. The topological polar surface area (TPSA) is 0 Å². The second-order valence-electron chi connectivity index (χ2n) is 2.81. The van der Waals surface area contributed by atoms with Crippen LogP contribution in [0.25, 0.3) is 0 Å². The van der Waals surface area contributed by atoms with Gasteiger partial charge in [-0.1, -0.05) is 23.2 Å². The maximum absolute atomic E-state index is 12.2. The van der Waals surface area contributed by atoms with Gasteiger partial charge >= 0.3 is 12.4 Å². The van der Waals surface area contributed by atoms with Crippen molar-refractivity contribution < 1.29 is 26.3 Å². The van der Waals surface area contributed by atoms with E-state index in [0.29, 0.717) is 0 Å². The van der Waals surface area contributed by atoms with Crippen molar-refractivity contribution in [2.24, 2.45) is 0 Å². The standard InChI is InChI=1S/C8H2Cl2F6/c9-5-1-3(7(11,12)13)6(10)2-4(5)8(14,15)16/h1-2H. The molecule has 0 heterocycles. The Bertz CT molecular complexity index is 366. The molecule has 1 rings (SSSR count). The highest BCUT2D eigenvalue weighted by atomic mass is 35.5. The van der Waals surface area contributed by atoms with Gasteiger partial charge in [-0.2, -0.15) is 26.3 Å². The van der Waals surface area contributed by atoms with Crippen LogP contribution >= 0.6 is 23.2 Å². The van der Waals surface area contributed by atoms with Crippen molar-refractivity contribution in [2.75, 3.05) is 0 Å². The van der Waals surface area contributed by atoms with Gasteiger partial charge in [-0.3, -0.25) is 0 Å². The molecule has 0 aliphatic heterocycles. The predicted octanol–water partition coefficient (Wildman–Crippen LogP) is 5.03. The minimum Gasteiger partial charge on any atom is -0.166 e. The lowest BCUT2D eigenvalue weighted by atomic mass is 10.1. The van der Waals surface area contributed by atoms with Crippen LogP contribution in [0.3, 0.4) is 0 Å². The van der Waals surface area contributed by atoms with E-state index in [1.54, 1.807) is 0 Å². The summed E-state index contributed by atoms with van der Waals surface area (Å²) in [5.41, 5.74) is -2.79. The van der Waals surface area contributed by atoms with E-state index in [4.69, 9.17) is 23.2 Å². The van der Waals surface area contributed by atoms with E-state index in [0.717, 1.165) is 0 Å². The molecule has 0 spiro atoms. The average molecular weight is 283 g/mol. The summed E-state index contributed by atoms with van der Waals surface area (Å²) in [4.78, 5) is 0. The fourth-order valence-electron chi connectivity index (χ4n) is 0.981. The van der Waals surface area contributed by atoms with Gasteiger partial charge in [0.1, 0.15) is 0 Å². The molecule has 0 aromatic heterocycles. The summed E-state index contributed by atoms with van der Waals surface area (Å²) in [5, 5.41) is -2.08. The van der Waals surface area contributed by atoms with Crippen LogP contribution in [0.4, 0.5) is 26.3 Å².